The van der Waals surface area contributed by atoms with Gasteiger partial charge in [0.1, 0.15) is 6.04 Å². The van der Waals surface area contributed by atoms with E-state index in [1.54, 1.807) is 6.92 Å². The maximum atomic E-state index is 12.1. The van der Waals surface area contributed by atoms with Crippen molar-refractivity contribution >= 4 is 10.0 Å². The lowest BCUT2D eigenvalue weighted by atomic mass is 10.1. The highest BCUT2D eigenvalue weighted by Gasteiger charge is 2.19. The molecule has 1 atom stereocenters. The second-order valence-electron chi connectivity index (χ2n) is 4.18. The van der Waals surface area contributed by atoms with Crippen molar-refractivity contribution in [1.29, 1.82) is 10.5 Å². The molecule has 1 N–H and O–H groups in total. The van der Waals surface area contributed by atoms with Crippen LogP contribution in [0.2, 0.25) is 0 Å². The third-order valence-corrected chi connectivity index (χ3v) is 4.13. The Hall–Kier alpha value is -1.89. The monoisotopic (exact) mass is 277 g/mol. The molecule has 0 spiro atoms. The number of sulfonamides is 1. The molecule has 1 rings (SSSR count). The SMILES string of the molecule is CCCC(C#N)NS(=O)(=O)c1ccc(C#N)c(C)c1. The molecule has 0 aliphatic heterocycles. The number of nitriles is 2. The van der Waals surface area contributed by atoms with E-state index in [2.05, 4.69) is 4.72 Å². The van der Waals surface area contributed by atoms with Crippen molar-refractivity contribution in [3.8, 4) is 12.1 Å². The molecule has 1 aromatic rings. The van der Waals surface area contributed by atoms with E-state index in [0.717, 1.165) is 0 Å². The molecule has 100 valence electrons. The number of hydrogen-bond acceptors (Lipinski definition) is 4. The van der Waals surface area contributed by atoms with E-state index < -0.39 is 16.1 Å². The van der Waals surface area contributed by atoms with Gasteiger partial charge in [0.15, 0.2) is 0 Å². The highest BCUT2D eigenvalue weighted by molar-refractivity contribution is 7.89. The number of benzene rings is 1. The molecule has 0 fully saturated rings. The highest BCUT2D eigenvalue weighted by Crippen LogP contribution is 2.15. The minimum absolute atomic E-state index is 0.0698. The molecule has 0 bridgehead atoms. The van der Waals surface area contributed by atoms with Crippen LogP contribution in [-0.4, -0.2) is 14.5 Å². The summed E-state index contributed by atoms with van der Waals surface area (Å²) >= 11 is 0. The first-order chi connectivity index (χ1) is 8.94. The first-order valence-electron chi connectivity index (χ1n) is 5.87. The minimum Gasteiger partial charge on any atom is -0.207 e. The normalized spacial score (nSPS) is 12.4. The number of hydrogen-bond donors (Lipinski definition) is 1. The molecular weight excluding hydrogens is 262 g/mol. The molecule has 0 aliphatic carbocycles. The van der Waals surface area contributed by atoms with Crippen LogP contribution in [0.3, 0.4) is 0 Å². The standard InChI is InChI=1S/C13H15N3O2S/c1-3-4-12(9-15)16-19(17,18)13-6-5-11(8-14)10(2)7-13/h5-7,12,16H,3-4H2,1-2H3. The Bertz CT molecular complexity index is 639. The second kappa shape index (κ2) is 6.33. The van der Waals surface area contributed by atoms with Crippen LogP contribution in [0, 0.1) is 29.6 Å². The van der Waals surface area contributed by atoms with Gasteiger partial charge < -0.3 is 0 Å². The Morgan fingerprint density at radius 3 is 2.53 bits per heavy atom. The van der Waals surface area contributed by atoms with Gasteiger partial charge in [-0.15, -0.1) is 0 Å². The summed E-state index contributed by atoms with van der Waals surface area (Å²) in [6.45, 7) is 3.55. The minimum atomic E-state index is -3.72. The first kappa shape index (κ1) is 15.2. The van der Waals surface area contributed by atoms with Crippen LogP contribution >= 0.6 is 0 Å². The lowest BCUT2D eigenvalue weighted by Crippen LogP contribution is -2.33. The van der Waals surface area contributed by atoms with E-state index in [-0.39, 0.29) is 4.90 Å². The topological polar surface area (TPSA) is 93.8 Å². The summed E-state index contributed by atoms with van der Waals surface area (Å²) < 4.78 is 26.5. The van der Waals surface area contributed by atoms with Gasteiger partial charge >= 0.3 is 0 Å². The molecule has 0 saturated carbocycles. The van der Waals surface area contributed by atoms with Crippen LogP contribution in [-0.2, 0) is 10.0 Å². The van der Waals surface area contributed by atoms with Crippen molar-refractivity contribution in [1.82, 2.24) is 4.72 Å². The fourth-order valence-corrected chi connectivity index (χ4v) is 2.88. The smallest absolute Gasteiger partial charge is 0.207 e. The van der Waals surface area contributed by atoms with E-state index in [1.165, 1.54) is 18.2 Å². The zero-order chi connectivity index (χ0) is 14.5. The average molecular weight is 277 g/mol. The summed E-state index contributed by atoms with van der Waals surface area (Å²) in [5.41, 5.74) is 1.03. The van der Waals surface area contributed by atoms with Gasteiger partial charge in [-0.3, -0.25) is 0 Å². The Morgan fingerprint density at radius 2 is 2.05 bits per heavy atom. The summed E-state index contributed by atoms with van der Waals surface area (Å²) in [4.78, 5) is 0.0698. The van der Waals surface area contributed by atoms with Crippen LogP contribution in [0.5, 0.6) is 0 Å². The van der Waals surface area contributed by atoms with Crippen LogP contribution in [0.25, 0.3) is 0 Å². The van der Waals surface area contributed by atoms with Crippen molar-refractivity contribution < 1.29 is 8.42 Å². The van der Waals surface area contributed by atoms with Crippen molar-refractivity contribution in [3.05, 3.63) is 29.3 Å². The van der Waals surface area contributed by atoms with Crippen LogP contribution in [0.4, 0.5) is 0 Å². The maximum Gasteiger partial charge on any atom is 0.241 e. The number of nitrogens with zero attached hydrogens (tertiary/aromatic N) is 2. The van der Waals surface area contributed by atoms with E-state index >= 15 is 0 Å². The lowest BCUT2D eigenvalue weighted by Gasteiger charge is -2.11. The van der Waals surface area contributed by atoms with Crippen molar-refractivity contribution in [2.24, 2.45) is 0 Å². The van der Waals surface area contributed by atoms with E-state index in [9.17, 15) is 8.42 Å². The van der Waals surface area contributed by atoms with Gasteiger partial charge in [0.05, 0.1) is 22.6 Å². The molecule has 0 radical (unpaired) electrons. The molecule has 0 heterocycles. The fourth-order valence-electron chi connectivity index (χ4n) is 1.62. The van der Waals surface area contributed by atoms with Crippen LogP contribution < -0.4 is 4.72 Å². The van der Waals surface area contributed by atoms with Gasteiger partial charge in [0.2, 0.25) is 10.0 Å². The Balaban J connectivity index is 3.05. The zero-order valence-corrected chi connectivity index (χ0v) is 11.7. The van der Waals surface area contributed by atoms with Gasteiger partial charge in [0.25, 0.3) is 0 Å². The second-order valence-corrected chi connectivity index (χ2v) is 5.89. The van der Waals surface area contributed by atoms with Gasteiger partial charge in [-0.2, -0.15) is 15.2 Å². The molecular formula is C13H15N3O2S. The Morgan fingerprint density at radius 1 is 1.37 bits per heavy atom. The Labute approximate surface area is 113 Å². The highest BCUT2D eigenvalue weighted by atomic mass is 32.2. The third kappa shape index (κ3) is 3.78. The largest absolute Gasteiger partial charge is 0.241 e. The zero-order valence-electron chi connectivity index (χ0n) is 10.8. The summed E-state index contributed by atoms with van der Waals surface area (Å²) in [6, 6.07) is 7.44. The van der Waals surface area contributed by atoms with Crippen LogP contribution in [0.1, 0.15) is 30.9 Å². The molecule has 0 aliphatic rings. The average Bonchev–Trinajstić information content (AvgIpc) is 2.37. The fraction of sp³-hybridized carbons (Fsp3) is 0.385. The number of rotatable bonds is 5. The first-order valence-corrected chi connectivity index (χ1v) is 7.35. The maximum absolute atomic E-state index is 12.1. The van der Waals surface area contributed by atoms with Gasteiger partial charge in [-0.05, 0) is 37.1 Å². The molecule has 0 aromatic heterocycles. The lowest BCUT2D eigenvalue weighted by molar-refractivity contribution is 0.563. The molecule has 19 heavy (non-hydrogen) atoms. The van der Waals surface area contributed by atoms with E-state index in [1.807, 2.05) is 19.1 Å². The van der Waals surface area contributed by atoms with Crippen LogP contribution in [0.15, 0.2) is 23.1 Å². The van der Waals surface area contributed by atoms with Gasteiger partial charge in [0, 0.05) is 0 Å². The predicted octanol–water partition coefficient (Wildman–Crippen LogP) is 1.84. The molecule has 1 unspecified atom stereocenters. The quantitative estimate of drug-likeness (QED) is 0.888. The number of nitrogens with one attached hydrogen (secondary N) is 1. The van der Waals surface area contributed by atoms with Crippen molar-refractivity contribution in [2.45, 2.75) is 37.6 Å². The third-order valence-electron chi connectivity index (χ3n) is 2.66. The molecule has 1 aromatic carbocycles. The predicted molar refractivity (Wildman–Crippen MR) is 70.5 cm³/mol. The summed E-state index contributed by atoms with van der Waals surface area (Å²) in [5.74, 6) is 0. The molecule has 5 nitrogen and oxygen atoms in total. The summed E-state index contributed by atoms with van der Waals surface area (Å²) in [5, 5.41) is 17.7. The molecule has 0 saturated heterocycles. The molecule has 6 heteroatoms. The number of aryl methyl sites for hydroxylation is 1. The van der Waals surface area contributed by atoms with Crippen molar-refractivity contribution in [3.63, 3.8) is 0 Å². The van der Waals surface area contributed by atoms with Crippen molar-refractivity contribution in [2.75, 3.05) is 0 Å². The van der Waals surface area contributed by atoms with E-state index in [4.69, 9.17) is 10.5 Å². The van der Waals surface area contributed by atoms with Gasteiger partial charge in [-0.1, -0.05) is 13.3 Å². The Kier molecular flexibility index (Phi) is 5.05. The van der Waals surface area contributed by atoms with E-state index in [0.29, 0.717) is 24.0 Å². The van der Waals surface area contributed by atoms with Gasteiger partial charge in [-0.25, -0.2) is 8.42 Å². The summed E-state index contributed by atoms with van der Waals surface area (Å²) in [7, 11) is -3.72. The summed E-state index contributed by atoms with van der Waals surface area (Å²) in [6.07, 6.45) is 1.18. The molecule has 0 amide bonds.